The van der Waals surface area contributed by atoms with Crippen LogP contribution < -0.4 is 5.32 Å². The highest BCUT2D eigenvalue weighted by Crippen LogP contribution is 2.29. The van der Waals surface area contributed by atoms with Crippen molar-refractivity contribution in [1.82, 2.24) is 9.80 Å². The molecule has 0 aliphatic carbocycles. The minimum Gasteiger partial charge on any atom is -0.465 e. The number of thiocarbonyl (C=S) groups is 1. The molecule has 0 radical (unpaired) electrons. The van der Waals surface area contributed by atoms with Gasteiger partial charge in [0.25, 0.3) is 0 Å². The molecule has 0 amide bonds. The van der Waals surface area contributed by atoms with Gasteiger partial charge in [-0.3, -0.25) is 0 Å². The fraction of sp³-hybridized carbons (Fsp3) is 0.571. The van der Waals surface area contributed by atoms with Gasteiger partial charge >= 0.3 is 5.97 Å². The van der Waals surface area contributed by atoms with Gasteiger partial charge in [-0.05, 0) is 31.8 Å². The summed E-state index contributed by atoms with van der Waals surface area (Å²) in [7, 11) is 3.50. The Morgan fingerprint density at radius 3 is 2.67 bits per heavy atom. The first-order valence-corrected chi connectivity index (χ1v) is 8.23. The van der Waals surface area contributed by atoms with E-state index in [9.17, 15) is 4.79 Å². The van der Waals surface area contributed by atoms with E-state index < -0.39 is 0 Å². The summed E-state index contributed by atoms with van der Waals surface area (Å²) >= 11 is 7.03. The van der Waals surface area contributed by atoms with Crippen molar-refractivity contribution in [2.45, 2.75) is 13.3 Å². The standard InChI is InChI=1S/C14H21N3O2S2/c1-4-10-9-11(13(18)19-3)12(21-10)15-14(20)17-7-5-16(2)6-8-17/h9H,4-8H2,1-3H3,(H,15,20). The second-order valence-electron chi connectivity index (χ2n) is 5.02. The Morgan fingerprint density at radius 1 is 1.43 bits per heavy atom. The van der Waals surface area contributed by atoms with Crippen molar-refractivity contribution in [3.63, 3.8) is 0 Å². The average molecular weight is 327 g/mol. The number of ether oxygens (including phenoxy) is 1. The lowest BCUT2D eigenvalue weighted by molar-refractivity contribution is 0.0602. The van der Waals surface area contributed by atoms with E-state index in [0.717, 1.165) is 42.5 Å². The predicted molar refractivity (Wildman–Crippen MR) is 90.3 cm³/mol. The minimum atomic E-state index is -0.324. The maximum absolute atomic E-state index is 11.8. The number of nitrogens with zero attached hydrogens (tertiary/aromatic N) is 2. The molecule has 2 rings (SSSR count). The van der Waals surface area contributed by atoms with Gasteiger partial charge < -0.3 is 19.9 Å². The van der Waals surface area contributed by atoms with Gasteiger partial charge in [0.2, 0.25) is 0 Å². The predicted octanol–water partition coefficient (Wildman–Crippen LogP) is 2.04. The van der Waals surface area contributed by atoms with Gasteiger partial charge in [-0.2, -0.15) is 0 Å². The van der Waals surface area contributed by atoms with E-state index in [4.69, 9.17) is 17.0 Å². The van der Waals surface area contributed by atoms with E-state index in [1.165, 1.54) is 7.11 Å². The Hall–Kier alpha value is -1.18. The molecule has 0 bridgehead atoms. The number of hydrogen-bond acceptors (Lipinski definition) is 5. The van der Waals surface area contributed by atoms with Gasteiger partial charge in [0, 0.05) is 31.1 Å². The van der Waals surface area contributed by atoms with E-state index in [0.29, 0.717) is 10.7 Å². The second-order valence-corrected chi connectivity index (χ2v) is 6.54. The number of hydrogen-bond donors (Lipinski definition) is 1. The van der Waals surface area contributed by atoms with Gasteiger partial charge in [-0.1, -0.05) is 6.92 Å². The Kier molecular flexibility index (Phi) is 5.55. The lowest BCUT2D eigenvalue weighted by Gasteiger charge is -2.34. The van der Waals surface area contributed by atoms with Crippen LogP contribution in [0.4, 0.5) is 5.00 Å². The number of piperazine rings is 1. The molecular formula is C14H21N3O2S2. The van der Waals surface area contributed by atoms with Crippen molar-refractivity contribution < 1.29 is 9.53 Å². The molecule has 21 heavy (non-hydrogen) atoms. The van der Waals surface area contributed by atoms with Crippen LogP contribution in [0.25, 0.3) is 0 Å². The van der Waals surface area contributed by atoms with Crippen molar-refractivity contribution in [1.29, 1.82) is 0 Å². The maximum atomic E-state index is 11.8. The van der Waals surface area contributed by atoms with Crippen molar-refractivity contribution in [2.24, 2.45) is 0 Å². The molecule has 1 aliphatic rings. The molecule has 116 valence electrons. The van der Waals surface area contributed by atoms with E-state index in [-0.39, 0.29) is 5.97 Å². The first-order chi connectivity index (χ1) is 10.0. The quantitative estimate of drug-likeness (QED) is 0.677. The summed E-state index contributed by atoms with van der Waals surface area (Å²) in [5.74, 6) is -0.324. The smallest absolute Gasteiger partial charge is 0.340 e. The summed E-state index contributed by atoms with van der Waals surface area (Å²) in [5, 5.41) is 4.68. The minimum absolute atomic E-state index is 0.324. The highest BCUT2D eigenvalue weighted by Gasteiger charge is 2.20. The molecule has 1 aliphatic heterocycles. The molecule has 0 atom stereocenters. The highest BCUT2D eigenvalue weighted by atomic mass is 32.1. The SMILES string of the molecule is CCc1cc(C(=O)OC)c(NC(=S)N2CCN(C)CC2)s1. The van der Waals surface area contributed by atoms with Crippen LogP contribution in [-0.2, 0) is 11.2 Å². The Bertz CT molecular complexity index is 522. The Morgan fingerprint density at radius 2 is 2.10 bits per heavy atom. The van der Waals surface area contributed by atoms with Crippen LogP contribution >= 0.6 is 23.6 Å². The molecule has 5 nitrogen and oxygen atoms in total. The number of thiophene rings is 1. The summed E-state index contributed by atoms with van der Waals surface area (Å²) in [6, 6.07) is 1.88. The van der Waals surface area contributed by atoms with Crippen LogP contribution in [0.5, 0.6) is 0 Å². The largest absolute Gasteiger partial charge is 0.465 e. The molecule has 1 aromatic rings. The zero-order valence-electron chi connectivity index (χ0n) is 12.6. The third-order valence-corrected chi connectivity index (χ3v) is 5.10. The summed E-state index contributed by atoms with van der Waals surface area (Å²) in [4.78, 5) is 17.4. The van der Waals surface area contributed by atoms with Crippen LogP contribution in [0, 0.1) is 0 Å². The second kappa shape index (κ2) is 7.20. The lowest BCUT2D eigenvalue weighted by atomic mass is 10.2. The topological polar surface area (TPSA) is 44.8 Å². The van der Waals surface area contributed by atoms with Crippen molar-refractivity contribution in [2.75, 3.05) is 45.7 Å². The highest BCUT2D eigenvalue weighted by molar-refractivity contribution is 7.80. The number of methoxy groups -OCH3 is 1. The number of carbonyl (C=O) groups excluding carboxylic acids is 1. The summed E-state index contributed by atoms with van der Waals surface area (Å²) < 4.78 is 4.84. The van der Waals surface area contributed by atoms with Gasteiger partial charge in [0.05, 0.1) is 12.7 Å². The molecule has 1 fully saturated rings. The number of nitrogens with one attached hydrogen (secondary N) is 1. The van der Waals surface area contributed by atoms with Crippen molar-refractivity contribution in [3.05, 3.63) is 16.5 Å². The lowest BCUT2D eigenvalue weighted by Crippen LogP contribution is -2.48. The zero-order chi connectivity index (χ0) is 15.4. The molecule has 1 aromatic heterocycles. The van der Waals surface area contributed by atoms with Crippen LogP contribution in [0.3, 0.4) is 0 Å². The number of likely N-dealkylation sites (N-methyl/N-ethyl adjacent to an activating group) is 1. The van der Waals surface area contributed by atoms with Crippen LogP contribution in [-0.4, -0.2) is 61.2 Å². The maximum Gasteiger partial charge on any atom is 0.340 e. The van der Waals surface area contributed by atoms with Crippen LogP contribution in [0.1, 0.15) is 22.2 Å². The molecule has 2 heterocycles. The molecule has 0 unspecified atom stereocenters. The fourth-order valence-electron chi connectivity index (χ4n) is 2.16. The molecule has 1 N–H and O–H groups in total. The number of anilines is 1. The van der Waals surface area contributed by atoms with Gasteiger partial charge in [-0.25, -0.2) is 4.79 Å². The summed E-state index contributed by atoms with van der Waals surface area (Å²) in [6.07, 6.45) is 0.887. The number of rotatable bonds is 3. The molecule has 0 saturated carbocycles. The zero-order valence-corrected chi connectivity index (χ0v) is 14.3. The molecule has 1 saturated heterocycles. The average Bonchev–Trinajstić information content (AvgIpc) is 2.90. The summed E-state index contributed by atoms with van der Waals surface area (Å²) in [5.41, 5.74) is 0.566. The normalized spacial score (nSPS) is 15.9. The number of aryl methyl sites for hydroxylation is 1. The van der Waals surface area contributed by atoms with E-state index in [2.05, 4.69) is 29.1 Å². The third-order valence-electron chi connectivity index (χ3n) is 3.55. The molecule has 7 heteroatoms. The molecule has 0 spiro atoms. The third kappa shape index (κ3) is 3.93. The van der Waals surface area contributed by atoms with Gasteiger partial charge in [0.1, 0.15) is 5.00 Å². The van der Waals surface area contributed by atoms with Crippen molar-refractivity contribution >= 4 is 39.6 Å². The van der Waals surface area contributed by atoms with Gasteiger partial charge in [0.15, 0.2) is 5.11 Å². The van der Waals surface area contributed by atoms with Gasteiger partial charge in [-0.15, -0.1) is 11.3 Å². The van der Waals surface area contributed by atoms with E-state index in [1.807, 2.05) is 6.07 Å². The Labute approximate surface area is 134 Å². The van der Waals surface area contributed by atoms with E-state index >= 15 is 0 Å². The molecule has 0 aromatic carbocycles. The first-order valence-electron chi connectivity index (χ1n) is 7.00. The number of esters is 1. The monoisotopic (exact) mass is 327 g/mol. The van der Waals surface area contributed by atoms with Crippen LogP contribution in [0.2, 0.25) is 0 Å². The fourth-order valence-corrected chi connectivity index (χ4v) is 3.49. The van der Waals surface area contributed by atoms with Crippen LogP contribution in [0.15, 0.2) is 6.07 Å². The van der Waals surface area contributed by atoms with E-state index in [1.54, 1.807) is 11.3 Å². The summed E-state index contributed by atoms with van der Waals surface area (Å²) in [6.45, 7) is 5.87. The first kappa shape index (κ1) is 16.2. The number of carbonyl (C=O) groups is 1. The van der Waals surface area contributed by atoms with Crippen molar-refractivity contribution in [3.8, 4) is 0 Å². The Balaban J connectivity index is 2.09. The molecular weight excluding hydrogens is 306 g/mol.